The summed E-state index contributed by atoms with van der Waals surface area (Å²) in [4.78, 5) is 22.3. The Morgan fingerprint density at radius 1 is 1.69 bits per heavy atom. The lowest BCUT2D eigenvalue weighted by atomic mass is 10.2. The predicted octanol–water partition coefficient (Wildman–Crippen LogP) is 0.872. The molecule has 0 aliphatic rings. The Balaban J connectivity index is 2.65. The zero-order valence-corrected chi connectivity index (χ0v) is 9.98. The summed E-state index contributed by atoms with van der Waals surface area (Å²) in [5.74, 6) is -1.68. The Labute approximate surface area is 99.7 Å². The van der Waals surface area contributed by atoms with Gasteiger partial charge in [0.2, 0.25) is 0 Å². The minimum atomic E-state index is -1.15. The van der Waals surface area contributed by atoms with Crippen LogP contribution in [0.15, 0.2) is 21.4 Å². The number of methoxy groups -OCH3 is 1. The summed E-state index contributed by atoms with van der Waals surface area (Å²) >= 11 is 3.04. The van der Waals surface area contributed by atoms with Crippen LogP contribution in [0.1, 0.15) is 10.4 Å². The van der Waals surface area contributed by atoms with E-state index in [9.17, 15) is 9.59 Å². The molecule has 7 heteroatoms. The van der Waals surface area contributed by atoms with Gasteiger partial charge in [0.15, 0.2) is 10.7 Å². The molecule has 1 amide bonds. The van der Waals surface area contributed by atoms with Gasteiger partial charge >= 0.3 is 5.97 Å². The summed E-state index contributed by atoms with van der Waals surface area (Å²) in [5, 5.41) is 11.1. The fourth-order valence-corrected chi connectivity index (χ4v) is 1.35. The van der Waals surface area contributed by atoms with Crippen molar-refractivity contribution in [3.8, 4) is 0 Å². The van der Waals surface area contributed by atoms with Crippen LogP contribution in [0.25, 0.3) is 0 Å². The second kappa shape index (κ2) is 5.66. The smallest absolute Gasteiger partial charge is 0.328 e. The number of carboxylic acid groups (broad SMARTS) is 1. The number of aliphatic carboxylic acids is 1. The van der Waals surface area contributed by atoms with Gasteiger partial charge in [0.25, 0.3) is 5.91 Å². The van der Waals surface area contributed by atoms with Crippen LogP contribution in [0.4, 0.5) is 0 Å². The molecule has 0 aliphatic heterocycles. The van der Waals surface area contributed by atoms with Crippen molar-refractivity contribution in [1.82, 2.24) is 5.32 Å². The Morgan fingerprint density at radius 2 is 2.38 bits per heavy atom. The molecule has 0 fully saturated rings. The van der Waals surface area contributed by atoms with Crippen molar-refractivity contribution >= 4 is 27.8 Å². The van der Waals surface area contributed by atoms with Crippen molar-refractivity contribution in [3.05, 3.63) is 22.6 Å². The highest BCUT2D eigenvalue weighted by Gasteiger charge is 2.21. The Kier molecular flexibility index (Phi) is 4.51. The summed E-state index contributed by atoms with van der Waals surface area (Å²) in [7, 11) is 1.36. The summed E-state index contributed by atoms with van der Waals surface area (Å²) < 4.78 is 9.94. The number of halogens is 1. The van der Waals surface area contributed by atoms with Gasteiger partial charge in [0, 0.05) is 13.2 Å². The number of rotatable bonds is 5. The second-order valence-electron chi connectivity index (χ2n) is 2.96. The molecule has 0 bridgehead atoms. The van der Waals surface area contributed by atoms with Gasteiger partial charge in [-0.3, -0.25) is 4.79 Å². The van der Waals surface area contributed by atoms with E-state index in [1.165, 1.54) is 19.4 Å². The summed E-state index contributed by atoms with van der Waals surface area (Å²) in [6, 6.07) is 0.368. The first-order chi connectivity index (χ1) is 7.54. The maximum absolute atomic E-state index is 11.5. The van der Waals surface area contributed by atoms with Crippen LogP contribution in [-0.2, 0) is 9.53 Å². The monoisotopic (exact) mass is 291 g/mol. The SMILES string of the molecule is COCC(NC(=O)c1coc(Br)c1)C(=O)O. The number of hydrogen-bond donors (Lipinski definition) is 2. The Hall–Kier alpha value is -1.34. The van der Waals surface area contributed by atoms with Gasteiger partial charge < -0.3 is 19.6 Å². The van der Waals surface area contributed by atoms with Crippen molar-refractivity contribution < 1.29 is 23.8 Å². The molecule has 16 heavy (non-hydrogen) atoms. The third-order valence-electron chi connectivity index (χ3n) is 1.77. The van der Waals surface area contributed by atoms with Crippen LogP contribution in [0.3, 0.4) is 0 Å². The molecular formula is C9H10BrNO5. The van der Waals surface area contributed by atoms with Crippen LogP contribution in [-0.4, -0.2) is 36.7 Å². The molecule has 88 valence electrons. The summed E-state index contributed by atoms with van der Waals surface area (Å²) in [5.41, 5.74) is 0.245. The molecule has 6 nitrogen and oxygen atoms in total. The molecule has 0 spiro atoms. The van der Waals surface area contributed by atoms with Crippen molar-refractivity contribution in [2.24, 2.45) is 0 Å². The lowest BCUT2D eigenvalue weighted by molar-refractivity contribution is -0.140. The topological polar surface area (TPSA) is 88.8 Å². The molecule has 0 aromatic carbocycles. The molecular weight excluding hydrogens is 282 g/mol. The maximum atomic E-state index is 11.5. The molecule has 0 saturated carbocycles. The van der Waals surface area contributed by atoms with Gasteiger partial charge in [-0.2, -0.15) is 0 Å². The highest BCUT2D eigenvalue weighted by molar-refractivity contribution is 9.10. The lowest BCUT2D eigenvalue weighted by Crippen LogP contribution is -2.43. The van der Waals surface area contributed by atoms with Crippen LogP contribution in [0, 0.1) is 0 Å². The van der Waals surface area contributed by atoms with Gasteiger partial charge in [0.1, 0.15) is 6.26 Å². The van der Waals surface area contributed by atoms with E-state index in [0.717, 1.165) is 0 Å². The zero-order chi connectivity index (χ0) is 12.1. The molecule has 1 unspecified atom stereocenters. The van der Waals surface area contributed by atoms with Gasteiger partial charge in [-0.15, -0.1) is 0 Å². The largest absolute Gasteiger partial charge is 0.480 e. The maximum Gasteiger partial charge on any atom is 0.328 e. The van der Waals surface area contributed by atoms with E-state index >= 15 is 0 Å². The number of carbonyl (C=O) groups is 2. The van der Waals surface area contributed by atoms with E-state index in [1.54, 1.807) is 0 Å². The van der Waals surface area contributed by atoms with Gasteiger partial charge in [-0.05, 0) is 15.9 Å². The van der Waals surface area contributed by atoms with E-state index in [4.69, 9.17) is 9.52 Å². The third kappa shape index (κ3) is 3.35. The van der Waals surface area contributed by atoms with Gasteiger partial charge in [-0.25, -0.2) is 4.79 Å². The number of carboxylic acids is 1. The molecule has 1 aromatic rings. The normalized spacial score (nSPS) is 12.1. The number of furan rings is 1. The Morgan fingerprint density at radius 3 is 2.81 bits per heavy atom. The van der Waals surface area contributed by atoms with E-state index < -0.39 is 17.9 Å². The fraction of sp³-hybridized carbons (Fsp3) is 0.333. The van der Waals surface area contributed by atoms with E-state index in [1.807, 2.05) is 0 Å². The third-order valence-corrected chi connectivity index (χ3v) is 2.18. The predicted molar refractivity (Wildman–Crippen MR) is 57.2 cm³/mol. The second-order valence-corrected chi connectivity index (χ2v) is 3.74. The number of carbonyl (C=O) groups excluding carboxylic acids is 1. The minimum absolute atomic E-state index is 0.0971. The summed E-state index contributed by atoms with van der Waals surface area (Å²) in [6.45, 7) is -0.0971. The minimum Gasteiger partial charge on any atom is -0.480 e. The van der Waals surface area contributed by atoms with Crippen LogP contribution < -0.4 is 5.32 Å². The van der Waals surface area contributed by atoms with Crippen molar-refractivity contribution in [2.45, 2.75) is 6.04 Å². The first kappa shape index (κ1) is 12.7. The first-order valence-corrected chi connectivity index (χ1v) is 5.10. The van der Waals surface area contributed by atoms with E-state index in [2.05, 4.69) is 26.0 Å². The first-order valence-electron chi connectivity index (χ1n) is 4.31. The molecule has 0 aliphatic carbocycles. The number of hydrogen-bond acceptors (Lipinski definition) is 4. The van der Waals surface area contributed by atoms with Gasteiger partial charge in [0.05, 0.1) is 12.2 Å². The average Bonchev–Trinajstić information content (AvgIpc) is 2.64. The van der Waals surface area contributed by atoms with E-state index in [-0.39, 0.29) is 12.2 Å². The number of ether oxygens (including phenoxy) is 1. The number of nitrogens with one attached hydrogen (secondary N) is 1. The molecule has 2 N–H and O–H groups in total. The molecule has 1 rings (SSSR count). The van der Waals surface area contributed by atoms with Gasteiger partial charge in [-0.1, -0.05) is 0 Å². The van der Waals surface area contributed by atoms with Crippen molar-refractivity contribution in [1.29, 1.82) is 0 Å². The summed E-state index contributed by atoms with van der Waals surface area (Å²) in [6.07, 6.45) is 1.23. The number of amides is 1. The Bertz CT molecular complexity index is 389. The molecule has 1 heterocycles. The molecule has 1 atom stereocenters. The molecule has 1 aromatic heterocycles. The zero-order valence-electron chi connectivity index (χ0n) is 8.40. The van der Waals surface area contributed by atoms with Crippen LogP contribution >= 0.6 is 15.9 Å². The highest BCUT2D eigenvalue weighted by Crippen LogP contribution is 2.13. The van der Waals surface area contributed by atoms with Crippen LogP contribution in [0.2, 0.25) is 0 Å². The molecule has 0 saturated heterocycles. The van der Waals surface area contributed by atoms with Crippen LogP contribution in [0.5, 0.6) is 0 Å². The average molecular weight is 292 g/mol. The quantitative estimate of drug-likeness (QED) is 0.840. The molecule has 0 radical (unpaired) electrons. The van der Waals surface area contributed by atoms with Crippen molar-refractivity contribution in [3.63, 3.8) is 0 Å². The lowest BCUT2D eigenvalue weighted by Gasteiger charge is -2.12. The van der Waals surface area contributed by atoms with E-state index in [0.29, 0.717) is 4.67 Å². The van der Waals surface area contributed by atoms with Crippen molar-refractivity contribution in [2.75, 3.05) is 13.7 Å². The standard InChI is InChI=1S/C9H10BrNO5/c1-15-4-6(9(13)14)11-8(12)5-2-7(10)16-3-5/h2-3,6H,4H2,1H3,(H,11,12)(H,13,14). The fourth-order valence-electron chi connectivity index (χ4n) is 1.01. The highest BCUT2D eigenvalue weighted by atomic mass is 79.9.